The highest BCUT2D eigenvalue weighted by Crippen LogP contribution is 2.40. The molecule has 0 aromatic carbocycles. The number of amides is 3. The van der Waals surface area contributed by atoms with E-state index in [2.05, 4.69) is 16.0 Å². The van der Waals surface area contributed by atoms with Crippen molar-refractivity contribution in [3.05, 3.63) is 0 Å². The van der Waals surface area contributed by atoms with E-state index < -0.39 is 327 Å². The summed E-state index contributed by atoms with van der Waals surface area (Å²) < 4.78 is 87.5. The van der Waals surface area contributed by atoms with Gasteiger partial charge in [-0.2, -0.15) is 0 Å². The zero-order valence-electron chi connectivity index (χ0n) is 55.2. The Labute approximate surface area is 582 Å². The van der Waals surface area contributed by atoms with E-state index >= 15 is 0 Å². The molecule has 46 nitrogen and oxygen atoms in total. The van der Waals surface area contributed by atoms with E-state index in [1.54, 1.807) is 0 Å². The van der Waals surface area contributed by atoms with Crippen LogP contribution in [0.1, 0.15) is 34.1 Å². The van der Waals surface area contributed by atoms with Gasteiger partial charge in [-0.05, 0) is 6.92 Å². The van der Waals surface area contributed by atoms with Gasteiger partial charge in [0.1, 0.15) is 183 Å². The van der Waals surface area contributed by atoms with E-state index in [1.165, 1.54) is 6.92 Å². The number of hydrogen-bond donors (Lipinski definition) is 27. The van der Waals surface area contributed by atoms with Gasteiger partial charge in [0, 0.05) is 27.2 Å². The van der Waals surface area contributed by atoms with Crippen molar-refractivity contribution in [1.82, 2.24) is 16.0 Å². The second kappa shape index (κ2) is 36.3. The largest absolute Gasteiger partial charge is 0.477 e. The van der Waals surface area contributed by atoms with Crippen LogP contribution in [0.25, 0.3) is 0 Å². The number of carbonyl (C=O) groups excluding carboxylic acids is 3. The number of aliphatic carboxylic acids is 1. The van der Waals surface area contributed by atoms with Gasteiger partial charge in [0.05, 0.1) is 64.5 Å². The maximum Gasteiger partial charge on any atom is 0.364 e. The molecule has 3 amide bonds. The Kier molecular flexibility index (Phi) is 29.9. The second-order valence-electron chi connectivity index (χ2n) is 26.1. The number of carboxylic acid groups (broad SMARTS) is 1. The number of aliphatic hydroxyl groups is 23. The standard InChI is InChI=1S/C57H95N3O43/c1-13-28(71)34(77)39(82)52(91-13)102-48-42(85)44(22(10-65)96-55(48)101-46-27(60-16(4)68)49(86)92-23(32(46)75)12-90-57(56(87)88)5-17(69)25(58-14(2)66)47(103-57)29(72)18(70)6-61)98-50-26(59-15(3)67)33(76)43(21(9-64)95-50)99-54-41(84)37(80)45(100-53-40(83)36(79)31(74)20(8-63)94-53)24(97-54)11-89-51-38(81)35(78)30(73)19(7-62)93-51/h13,17-55,61-65,69-86H,5-12H2,1-4H3,(H,58,66)(H,59,67)(H,60,68)(H,87,88)/t13-,17-,18+,19+,20+,21+,22+,23+,24+,25+,26+,27+,28+,29+,30+,31+,32-,33+,34+,35-,36-,37+,38-,39-,40-,41+,42-,43+,44-,45+,46+,47+,48+,49?,50-,51-,52-,53+,54+,55?,57+/m0/s1. The van der Waals surface area contributed by atoms with Gasteiger partial charge >= 0.3 is 5.97 Å². The average molecular weight is 1510 g/mol. The lowest BCUT2D eigenvalue weighted by Crippen LogP contribution is -2.71. The third-order valence-corrected chi connectivity index (χ3v) is 18.8. The lowest BCUT2D eigenvalue weighted by atomic mass is 9.88. The minimum Gasteiger partial charge on any atom is -0.477 e. The minimum atomic E-state index is -3.09. The smallest absolute Gasteiger partial charge is 0.364 e. The number of aliphatic hydroxyl groups excluding tert-OH is 23. The molecule has 27 N–H and O–H groups in total. The van der Waals surface area contributed by atoms with Crippen molar-refractivity contribution in [3.63, 3.8) is 0 Å². The molecule has 8 aliphatic heterocycles. The van der Waals surface area contributed by atoms with Crippen LogP contribution in [-0.2, 0) is 90.2 Å². The van der Waals surface area contributed by atoms with Gasteiger partial charge < -0.3 is 210 Å². The van der Waals surface area contributed by atoms with Crippen molar-refractivity contribution in [2.45, 2.75) is 285 Å². The van der Waals surface area contributed by atoms with Crippen LogP contribution >= 0.6 is 0 Å². The monoisotopic (exact) mass is 1510 g/mol. The van der Waals surface area contributed by atoms with Gasteiger partial charge in [-0.25, -0.2) is 4.79 Å². The van der Waals surface area contributed by atoms with E-state index in [9.17, 15) is 142 Å². The molecular weight excluding hydrogens is 1410 g/mol. The molecular formula is C57H95N3O43. The van der Waals surface area contributed by atoms with Crippen LogP contribution in [0.5, 0.6) is 0 Å². The molecule has 0 aliphatic carbocycles. The zero-order chi connectivity index (χ0) is 76.3. The van der Waals surface area contributed by atoms with Gasteiger partial charge in [0.2, 0.25) is 17.7 Å². The van der Waals surface area contributed by atoms with Crippen molar-refractivity contribution >= 4 is 23.7 Å². The normalized spacial score (nSPS) is 48.3. The third-order valence-electron chi connectivity index (χ3n) is 18.8. The van der Waals surface area contributed by atoms with E-state index in [0.717, 1.165) is 20.8 Å². The Morgan fingerprint density at radius 1 is 0.417 bits per heavy atom. The molecule has 46 heteroatoms. The Balaban J connectivity index is 1.07. The van der Waals surface area contributed by atoms with Crippen molar-refractivity contribution in [3.8, 4) is 0 Å². The molecule has 0 bridgehead atoms. The predicted molar refractivity (Wildman–Crippen MR) is 315 cm³/mol. The van der Waals surface area contributed by atoms with Crippen LogP contribution in [0, 0.1) is 0 Å². The third kappa shape index (κ3) is 18.6. The van der Waals surface area contributed by atoms with Crippen molar-refractivity contribution in [2.24, 2.45) is 0 Å². The predicted octanol–water partition coefficient (Wildman–Crippen LogP) is -17.8. The summed E-state index contributed by atoms with van der Waals surface area (Å²) in [6.45, 7) is -3.64. The molecule has 8 heterocycles. The number of rotatable bonds is 27. The van der Waals surface area contributed by atoms with Crippen molar-refractivity contribution in [2.75, 3.05) is 46.2 Å². The van der Waals surface area contributed by atoms with Gasteiger partial charge in [0.15, 0.2) is 44.0 Å². The summed E-state index contributed by atoms with van der Waals surface area (Å²) in [4.78, 5) is 51.0. The molecule has 2 unspecified atom stereocenters. The maximum atomic E-state index is 13.1. The summed E-state index contributed by atoms with van der Waals surface area (Å²) in [6, 6.07) is -5.59. The van der Waals surface area contributed by atoms with E-state index in [-0.39, 0.29) is 0 Å². The van der Waals surface area contributed by atoms with E-state index in [1.807, 2.05) is 0 Å². The first-order valence-electron chi connectivity index (χ1n) is 32.6. The SMILES string of the molecule is CC(=O)N[C@H]1[C@H](O[C@@H]2[C@H](O)[C@@H](O[C@@H]3O[C@@H](C)[C@@H](O)[C@@H](O)[C@@H]3O)C(O[C@H]3[C@@H](O)[C@@H](CO[C@]4(C(=O)O)C[C@H](O)[C@@H](NC(C)=O)[C@H]([C@H](O)[C@H](O)CO)O4)OC(O)[C@@H]3NC(C)=O)O[C@@H]2CO)O[C@H](CO)[C@@H](O[C@H]2O[C@H](CO[C@H]3O[C@H](CO)[C@@H](O)[C@H](O)[C@@H]3O)[C@@H](O[C@H]3O[C@H](CO)[C@@H](O)[C@H](O)[C@@H]3O)[C@H](O)[C@H]2O)[C@@H]1O. The van der Waals surface area contributed by atoms with Crippen LogP contribution in [0.15, 0.2) is 0 Å². The van der Waals surface area contributed by atoms with Crippen LogP contribution < -0.4 is 16.0 Å². The number of carbonyl (C=O) groups is 4. The van der Waals surface area contributed by atoms with Crippen LogP contribution in [0.2, 0.25) is 0 Å². The molecule has 103 heavy (non-hydrogen) atoms. The first kappa shape index (κ1) is 85.0. The lowest BCUT2D eigenvalue weighted by Gasteiger charge is -2.51. The first-order chi connectivity index (χ1) is 48.5. The number of hydrogen-bond acceptors (Lipinski definition) is 42. The fraction of sp³-hybridized carbons (Fsp3) is 0.930. The Morgan fingerprint density at radius 3 is 1.38 bits per heavy atom. The molecule has 0 aromatic rings. The molecule has 0 radical (unpaired) electrons. The maximum absolute atomic E-state index is 13.1. The quantitative estimate of drug-likeness (QED) is 0.0363. The van der Waals surface area contributed by atoms with Crippen LogP contribution in [0.4, 0.5) is 0 Å². The molecule has 8 aliphatic rings. The fourth-order valence-electron chi connectivity index (χ4n) is 13.1. The summed E-state index contributed by atoms with van der Waals surface area (Å²) in [5.41, 5.74) is 0. The Morgan fingerprint density at radius 2 is 0.845 bits per heavy atom. The molecule has 0 spiro atoms. The molecule has 41 atom stereocenters. The lowest BCUT2D eigenvalue weighted by molar-refractivity contribution is -0.399. The number of nitrogens with one attached hydrogen (secondary N) is 3. The van der Waals surface area contributed by atoms with Gasteiger partial charge in [-0.1, -0.05) is 0 Å². The van der Waals surface area contributed by atoms with Gasteiger partial charge in [-0.3, -0.25) is 14.4 Å². The van der Waals surface area contributed by atoms with Crippen molar-refractivity contribution < 1.29 is 213 Å². The van der Waals surface area contributed by atoms with Crippen molar-refractivity contribution in [1.29, 1.82) is 0 Å². The summed E-state index contributed by atoms with van der Waals surface area (Å²) in [5, 5.41) is 269. The Bertz CT molecular complexity index is 2720. The highest BCUT2D eigenvalue weighted by atomic mass is 16.8. The molecule has 596 valence electrons. The van der Waals surface area contributed by atoms with Gasteiger partial charge in [0.25, 0.3) is 5.79 Å². The summed E-state index contributed by atoms with van der Waals surface area (Å²) >= 11 is 0. The molecule has 0 aromatic heterocycles. The van der Waals surface area contributed by atoms with Crippen LogP contribution in [0.3, 0.4) is 0 Å². The fourth-order valence-corrected chi connectivity index (χ4v) is 13.1. The second-order valence-corrected chi connectivity index (χ2v) is 26.1. The average Bonchev–Trinajstić information content (AvgIpc) is 0.766. The molecule has 8 fully saturated rings. The highest BCUT2D eigenvalue weighted by molar-refractivity contribution is 5.77. The molecule has 8 rings (SSSR count). The zero-order valence-corrected chi connectivity index (χ0v) is 55.2. The minimum absolute atomic E-state index is 0.832. The highest BCUT2D eigenvalue weighted by Gasteiger charge is 2.61. The molecule has 0 saturated carbocycles. The van der Waals surface area contributed by atoms with Crippen LogP contribution in [-0.4, -0.2) is 444 Å². The van der Waals surface area contributed by atoms with Gasteiger partial charge in [-0.15, -0.1) is 0 Å². The number of carboxylic acids is 1. The van der Waals surface area contributed by atoms with E-state index in [0.29, 0.717) is 0 Å². The molecule has 8 saturated heterocycles. The summed E-state index contributed by atoms with van der Waals surface area (Å²) in [5.74, 6) is -7.88. The summed E-state index contributed by atoms with van der Waals surface area (Å²) in [6.07, 6.45) is -77.6. The first-order valence-corrected chi connectivity index (χ1v) is 32.6. The Hall–Kier alpha value is -3.64. The van der Waals surface area contributed by atoms with E-state index in [4.69, 9.17) is 71.1 Å². The summed E-state index contributed by atoms with van der Waals surface area (Å²) in [7, 11) is 0. The topological polar surface area (TPSA) is 728 Å². The number of ether oxygens (including phenoxy) is 15.